The summed E-state index contributed by atoms with van der Waals surface area (Å²) in [7, 11) is 6.45. The highest BCUT2D eigenvalue weighted by molar-refractivity contribution is 6.02. The Bertz CT molecular complexity index is 1100. The number of benzene rings is 2. The number of amides is 2. The van der Waals surface area contributed by atoms with Gasteiger partial charge in [0.25, 0.3) is 5.91 Å². The van der Waals surface area contributed by atoms with Crippen molar-refractivity contribution in [1.29, 1.82) is 0 Å². The number of piperidine rings is 1. The van der Waals surface area contributed by atoms with Crippen LogP contribution in [-0.4, -0.2) is 76.2 Å². The number of likely N-dealkylation sites (tertiary alicyclic amines) is 1. The van der Waals surface area contributed by atoms with Gasteiger partial charge in [0.1, 0.15) is 5.75 Å². The summed E-state index contributed by atoms with van der Waals surface area (Å²) >= 11 is 0. The first-order valence-electron chi connectivity index (χ1n) is 13.0. The second-order valence-electron chi connectivity index (χ2n) is 10.1. The highest BCUT2D eigenvalue weighted by Crippen LogP contribution is 2.45. The van der Waals surface area contributed by atoms with E-state index >= 15 is 0 Å². The van der Waals surface area contributed by atoms with Gasteiger partial charge in [0, 0.05) is 19.2 Å². The SMILES string of the molecule is COc1ccc(C2C(C(=O)NCCCN3CCC(C)CC3)c3cc(OC)c(OC)cc3C(=O)N2C)cc1. The molecule has 37 heavy (non-hydrogen) atoms. The van der Waals surface area contributed by atoms with Crippen LogP contribution in [0.4, 0.5) is 0 Å². The molecule has 2 aliphatic rings. The maximum absolute atomic E-state index is 13.8. The third-order valence-electron chi connectivity index (χ3n) is 7.74. The van der Waals surface area contributed by atoms with E-state index in [-0.39, 0.29) is 11.8 Å². The highest BCUT2D eigenvalue weighted by Gasteiger charge is 2.43. The molecule has 8 nitrogen and oxygen atoms in total. The number of nitrogens with zero attached hydrogens (tertiary/aromatic N) is 2. The molecule has 2 aliphatic heterocycles. The molecule has 2 aromatic carbocycles. The van der Waals surface area contributed by atoms with Crippen molar-refractivity contribution in [1.82, 2.24) is 15.1 Å². The first kappa shape index (κ1) is 26.8. The molecular weight excluding hydrogens is 470 g/mol. The molecule has 0 saturated carbocycles. The van der Waals surface area contributed by atoms with Gasteiger partial charge in [-0.25, -0.2) is 0 Å². The number of methoxy groups -OCH3 is 3. The van der Waals surface area contributed by atoms with Crippen LogP contribution >= 0.6 is 0 Å². The lowest BCUT2D eigenvalue weighted by Gasteiger charge is -2.40. The lowest BCUT2D eigenvalue weighted by atomic mass is 9.79. The Labute approximate surface area is 219 Å². The molecule has 0 aliphatic carbocycles. The van der Waals surface area contributed by atoms with Gasteiger partial charge < -0.3 is 29.3 Å². The molecule has 2 heterocycles. The Balaban J connectivity index is 1.61. The van der Waals surface area contributed by atoms with E-state index in [0.717, 1.165) is 37.5 Å². The molecular formula is C29H39N3O5. The number of hydrogen-bond acceptors (Lipinski definition) is 6. The minimum atomic E-state index is -0.610. The molecule has 200 valence electrons. The fourth-order valence-electron chi connectivity index (χ4n) is 5.46. The van der Waals surface area contributed by atoms with Crippen molar-refractivity contribution in [3.05, 3.63) is 53.1 Å². The zero-order chi connectivity index (χ0) is 26.5. The molecule has 2 unspecified atom stereocenters. The van der Waals surface area contributed by atoms with Gasteiger partial charge in [0.2, 0.25) is 5.91 Å². The Kier molecular flexibility index (Phi) is 8.59. The summed E-state index contributed by atoms with van der Waals surface area (Å²) in [6.07, 6.45) is 3.36. The number of carbonyl (C=O) groups is 2. The summed E-state index contributed by atoms with van der Waals surface area (Å²) < 4.78 is 16.3. The zero-order valence-electron chi connectivity index (χ0n) is 22.6. The van der Waals surface area contributed by atoms with Crippen LogP contribution in [0.15, 0.2) is 36.4 Å². The minimum Gasteiger partial charge on any atom is -0.497 e. The molecule has 2 atom stereocenters. The van der Waals surface area contributed by atoms with Gasteiger partial charge in [-0.1, -0.05) is 19.1 Å². The standard InChI is InChI=1S/C29H39N3O5/c1-19-11-15-32(16-12-19)14-6-13-30-28(33)26-22-17-24(36-4)25(37-5)18-23(22)29(34)31(2)27(26)20-7-9-21(35-3)10-8-20/h7-10,17-19,26-27H,6,11-16H2,1-5H3,(H,30,33). The predicted molar refractivity (Wildman–Crippen MR) is 143 cm³/mol. The topological polar surface area (TPSA) is 80.3 Å². The summed E-state index contributed by atoms with van der Waals surface area (Å²) in [6.45, 7) is 6.11. The van der Waals surface area contributed by atoms with Gasteiger partial charge in [0.05, 0.1) is 33.3 Å². The van der Waals surface area contributed by atoms with E-state index in [1.807, 2.05) is 24.3 Å². The van der Waals surface area contributed by atoms with E-state index in [9.17, 15) is 9.59 Å². The van der Waals surface area contributed by atoms with Crippen LogP contribution < -0.4 is 19.5 Å². The minimum absolute atomic E-state index is 0.110. The molecule has 2 amide bonds. The van der Waals surface area contributed by atoms with E-state index < -0.39 is 12.0 Å². The van der Waals surface area contributed by atoms with E-state index in [4.69, 9.17) is 14.2 Å². The van der Waals surface area contributed by atoms with Crippen molar-refractivity contribution in [3.63, 3.8) is 0 Å². The van der Waals surface area contributed by atoms with Gasteiger partial charge in [-0.05, 0) is 80.2 Å². The smallest absolute Gasteiger partial charge is 0.254 e. The number of carbonyl (C=O) groups excluding carboxylic acids is 2. The van der Waals surface area contributed by atoms with E-state index in [1.54, 1.807) is 38.3 Å². The molecule has 0 radical (unpaired) electrons. The normalized spacial score (nSPS) is 20.4. The van der Waals surface area contributed by atoms with Crippen LogP contribution in [0.1, 0.15) is 59.6 Å². The number of ether oxygens (including phenoxy) is 3. The Morgan fingerprint density at radius 3 is 2.27 bits per heavy atom. The summed E-state index contributed by atoms with van der Waals surface area (Å²) in [5.74, 6) is 1.58. The molecule has 2 aromatic rings. The lowest BCUT2D eigenvalue weighted by molar-refractivity contribution is -0.124. The van der Waals surface area contributed by atoms with Crippen LogP contribution in [-0.2, 0) is 4.79 Å². The number of hydrogen-bond donors (Lipinski definition) is 1. The van der Waals surface area contributed by atoms with Gasteiger partial charge >= 0.3 is 0 Å². The van der Waals surface area contributed by atoms with Gasteiger partial charge in [-0.15, -0.1) is 0 Å². The fraction of sp³-hybridized carbons (Fsp3) is 0.517. The van der Waals surface area contributed by atoms with Gasteiger partial charge in [-0.2, -0.15) is 0 Å². The molecule has 0 spiro atoms. The first-order valence-corrected chi connectivity index (χ1v) is 13.0. The Morgan fingerprint density at radius 2 is 1.65 bits per heavy atom. The van der Waals surface area contributed by atoms with Crippen molar-refractivity contribution < 1.29 is 23.8 Å². The number of nitrogens with one attached hydrogen (secondary N) is 1. The Hall–Kier alpha value is -3.26. The van der Waals surface area contributed by atoms with Crippen molar-refractivity contribution in [2.24, 2.45) is 5.92 Å². The largest absolute Gasteiger partial charge is 0.497 e. The molecule has 1 N–H and O–H groups in total. The first-order chi connectivity index (χ1) is 17.9. The summed E-state index contributed by atoms with van der Waals surface area (Å²) in [6, 6.07) is 10.5. The zero-order valence-corrected chi connectivity index (χ0v) is 22.6. The van der Waals surface area contributed by atoms with E-state index in [1.165, 1.54) is 20.0 Å². The summed E-state index contributed by atoms with van der Waals surface area (Å²) in [4.78, 5) is 31.4. The molecule has 0 aromatic heterocycles. The second kappa shape index (κ2) is 11.9. The number of fused-ring (bicyclic) bond motifs is 1. The van der Waals surface area contributed by atoms with E-state index in [0.29, 0.717) is 34.9 Å². The maximum Gasteiger partial charge on any atom is 0.254 e. The van der Waals surface area contributed by atoms with Crippen molar-refractivity contribution in [3.8, 4) is 17.2 Å². The van der Waals surface area contributed by atoms with Crippen molar-refractivity contribution >= 4 is 11.8 Å². The van der Waals surface area contributed by atoms with Crippen LogP contribution in [0.5, 0.6) is 17.2 Å². The predicted octanol–water partition coefficient (Wildman–Crippen LogP) is 3.86. The van der Waals surface area contributed by atoms with Gasteiger partial charge in [0.15, 0.2) is 11.5 Å². The fourth-order valence-corrected chi connectivity index (χ4v) is 5.46. The third-order valence-corrected chi connectivity index (χ3v) is 7.74. The lowest BCUT2D eigenvalue weighted by Crippen LogP contribution is -2.46. The monoisotopic (exact) mass is 509 g/mol. The van der Waals surface area contributed by atoms with Gasteiger partial charge in [-0.3, -0.25) is 9.59 Å². The molecule has 1 saturated heterocycles. The third kappa shape index (κ3) is 5.69. The number of likely N-dealkylation sites (N-methyl/N-ethyl adjacent to an activating group) is 1. The molecule has 8 heteroatoms. The van der Waals surface area contributed by atoms with Crippen LogP contribution in [0.2, 0.25) is 0 Å². The second-order valence-corrected chi connectivity index (χ2v) is 10.1. The van der Waals surface area contributed by atoms with Crippen LogP contribution in [0.25, 0.3) is 0 Å². The Morgan fingerprint density at radius 1 is 1.00 bits per heavy atom. The maximum atomic E-state index is 13.8. The van der Waals surface area contributed by atoms with Crippen LogP contribution in [0, 0.1) is 5.92 Å². The highest BCUT2D eigenvalue weighted by atomic mass is 16.5. The summed E-state index contributed by atoms with van der Waals surface area (Å²) in [5.41, 5.74) is 1.95. The van der Waals surface area contributed by atoms with E-state index in [2.05, 4.69) is 17.1 Å². The number of rotatable bonds is 9. The summed E-state index contributed by atoms with van der Waals surface area (Å²) in [5, 5.41) is 3.17. The van der Waals surface area contributed by atoms with Crippen molar-refractivity contribution in [2.75, 3.05) is 54.6 Å². The van der Waals surface area contributed by atoms with Crippen molar-refractivity contribution in [2.45, 2.75) is 38.1 Å². The molecule has 0 bridgehead atoms. The average molecular weight is 510 g/mol. The quantitative estimate of drug-likeness (QED) is 0.517. The van der Waals surface area contributed by atoms with Crippen LogP contribution in [0.3, 0.4) is 0 Å². The molecule has 4 rings (SSSR count). The molecule has 1 fully saturated rings. The average Bonchev–Trinajstić information content (AvgIpc) is 2.93.